The molecular formula is C14H13Cl2NO. The van der Waals surface area contributed by atoms with Gasteiger partial charge < -0.3 is 4.74 Å². The van der Waals surface area contributed by atoms with E-state index >= 15 is 0 Å². The Morgan fingerprint density at radius 2 is 2.22 bits per heavy atom. The zero-order valence-electron chi connectivity index (χ0n) is 9.83. The van der Waals surface area contributed by atoms with E-state index in [1.165, 1.54) is 0 Å². The van der Waals surface area contributed by atoms with Gasteiger partial charge >= 0.3 is 0 Å². The summed E-state index contributed by atoms with van der Waals surface area (Å²) in [6.07, 6.45) is 3.89. The lowest BCUT2D eigenvalue weighted by molar-refractivity contribution is 0.0788. The van der Waals surface area contributed by atoms with Crippen LogP contribution < -0.4 is 0 Å². The molecule has 2 bridgehead atoms. The molecule has 1 aromatic carbocycles. The summed E-state index contributed by atoms with van der Waals surface area (Å²) in [7, 11) is 0. The van der Waals surface area contributed by atoms with Gasteiger partial charge in [-0.2, -0.15) is 5.26 Å². The van der Waals surface area contributed by atoms with E-state index in [1.54, 1.807) is 6.07 Å². The van der Waals surface area contributed by atoms with Crippen LogP contribution in [0.3, 0.4) is 0 Å². The normalized spacial score (nSPS) is 33.6. The van der Waals surface area contributed by atoms with Crippen LogP contribution in [0.25, 0.3) is 0 Å². The number of nitriles is 1. The number of benzene rings is 1. The van der Waals surface area contributed by atoms with Gasteiger partial charge in [-0.3, -0.25) is 0 Å². The van der Waals surface area contributed by atoms with Gasteiger partial charge in [-0.25, -0.2) is 0 Å². The molecule has 0 radical (unpaired) electrons. The Kier molecular flexibility index (Phi) is 3.02. The Balaban J connectivity index is 1.89. The number of halogens is 2. The molecule has 2 fully saturated rings. The first-order chi connectivity index (χ1) is 8.63. The van der Waals surface area contributed by atoms with E-state index in [-0.39, 0.29) is 12.2 Å². The molecule has 3 rings (SSSR count). The van der Waals surface area contributed by atoms with Crippen molar-refractivity contribution in [2.24, 2.45) is 5.41 Å². The number of fused-ring (bicyclic) bond motifs is 2. The van der Waals surface area contributed by atoms with E-state index < -0.39 is 5.41 Å². The molecule has 3 unspecified atom stereocenters. The fourth-order valence-corrected chi connectivity index (χ4v) is 3.62. The van der Waals surface area contributed by atoms with Crippen molar-refractivity contribution in [3.05, 3.63) is 33.8 Å². The number of rotatable bonds is 2. The first-order valence-corrected chi connectivity index (χ1v) is 6.89. The summed E-state index contributed by atoms with van der Waals surface area (Å²) in [5.74, 6) is 0. The van der Waals surface area contributed by atoms with Crippen molar-refractivity contribution in [2.75, 3.05) is 0 Å². The number of ether oxygens (including phenoxy) is 1. The first-order valence-electron chi connectivity index (χ1n) is 6.14. The van der Waals surface area contributed by atoms with Crippen LogP contribution >= 0.6 is 23.2 Å². The highest BCUT2D eigenvalue weighted by molar-refractivity contribution is 6.35. The molecule has 1 aromatic rings. The molecule has 2 saturated heterocycles. The lowest BCUT2D eigenvalue weighted by Crippen LogP contribution is -2.33. The Bertz CT molecular complexity index is 525. The molecule has 2 aliphatic heterocycles. The van der Waals surface area contributed by atoms with Crippen molar-refractivity contribution < 1.29 is 4.74 Å². The van der Waals surface area contributed by atoms with Gasteiger partial charge in [0, 0.05) is 10.0 Å². The Morgan fingerprint density at radius 1 is 1.39 bits per heavy atom. The molecule has 94 valence electrons. The minimum Gasteiger partial charge on any atom is -0.373 e. The van der Waals surface area contributed by atoms with E-state index in [1.807, 2.05) is 12.1 Å². The predicted octanol–water partition coefficient (Wildman–Crippen LogP) is 4.00. The van der Waals surface area contributed by atoms with Crippen molar-refractivity contribution in [3.8, 4) is 6.07 Å². The smallest absolute Gasteiger partial charge is 0.0900 e. The second-order valence-corrected chi connectivity index (χ2v) is 6.05. The molecule has 18 heavy (non-hydrogen) atoms. The molecule has 3 atom stereocenters. The van der Waals surface area contributed by atoms with Crippen molar-refractivity contribution in [3.63, 3.8) is 0 Å². The fraction of sp³-hybridized carbons (Fsp3) is 0.500. The van der Waals surface area contributed by atoms with Crippen LogP contribution in [0.15, 0.2) is 18.2 Å². The van der Waals surface area contributed by atoms with Crippen LogP contribution in [0.1, 0.15) is 24.8 Å². The van der Waals surface area contributed by atoms with Crippen LogP contribution in [0.4, 0.5) is 0 Å². The maximum Gasteiger partial charge on any atom is 0.0900 e. The molecule has 2 aliphatic rings. The molecule has 0 spiro atoms. The summed E-state index contributed by atoms with van der Waals surface area (Å²) < 4.78 is 5.82. The summed E-state index contributed by atoms with van der Waals surface area (Å²) in [5, 5.41) is 10.8. The quantitative estimate of drug-likeness (QED) is 0.821. The monoisotopic (exact) mass is 281 g/mol. The van der Waals surface area contributed by atoms with Gasteiger partial charge in [-0.15, -0.1) is 0 Å². The summed E-state index contributed by atoms with van der Waals surface area (Å²) >= 11 is 12.1. The van der Waals surface area contributed by atoms with Crippen molar-refractivity contribution >= 4 is 23.2 Å². The van der Waals surface area contributed by atoms with Gasteiger partial charge in [0.25, 0.3) is 0 Å². The van der Waals surface area contributed by atoms with Crippen molar-refractivity contribution in [1.29, 1.82) is 5.26 Å². The van der Waals surface area contributed by atoms with E-state index in [0.717, 1.165) is 24.8 Å². The number of nitrogens with zero attached hydrogens (tertiary/aromatic N) is 1. The van der Waals surface area contributed by atoms with Crippen LogP contribution in [0, 0.1) is 16.7 Å². The SMILES string of the molecule is N#CC1(Cc2ccc(Cl)cc2Cl)CC2CCC1O2. The molecular weight excluding hydrogens is 269 g/mol. The lowest BCUT2D eigenvalue weighted by atomic mass is 9.71. The Hall–Kier alpha value is -0.750. The van der Waals surface area contributed by atoms with E-state index in [4.69, 9.17) is 27.9 Å². The molecule has 0 saturated carbocycles. The lowest BCUT2D eigenvalue weighted by Gasteiger charge is -2.28. The second-order valence-electron chi connectivity index (χ2n) is 5.21. The topological polar surface area (TPSA) is 33.0 Å². The molecule has 4 heteroatoms. The van der Waals surface area contributed by atoms with Crippen molar-refractivity contribution in [1.82, 2.24) is 0 Å². The minimum atomic E-state index is -0.402. The van der Waals surface area contributed by atoms with Gasteiger partial charge in [0.2, 0.25) is 0 Å². The van der Waals surface area contributed by atoms with Crippen molar-refractivity contribution in [2.45, 2.75) is 37.9 Å². The maximum atomic E-state index is 9.55. The van der Waals surface area contributed by atoms with Crippen LogP contribution in [-0.2, 0) is 11.2 Å². The highest BCUT2D eigenvalue weighted by atomic mass is 35.5. The molecule has 0 aliphatic carbocycles. The molecule has 2 heterocycles. The molecule has 0 amide bonds. The molecule has 0 aromatic heterocycles. The zero-order chi connectivity index (χ0) is 12.8. The first kappa shape index (κ1) is 12.3. The molecule has 2 nitrogen and oxygen atoms in total. The maximum absolute atomic E-state index is 9.55. The highest BCUT2D eigenvalue weighted by Crippen LogP contribution is 2.49. The van der Waals surface area contributed by atoms with E-state index in [9.17, 15) is 5.26 Å². The largest absolute Gasteiger partial charge is 0.373 e. The number of hydrogen-bond acceptors (Lipinski definition) is 2. The average Bonchev–Trinajstić information content (AvgIpc) is 2.93. The summed E-state index contributed by atoms with van der Waals surface area (Å²) in [4.78, 5) is 0. The van der Waals surface area contributed by atoms with Crippen LogP contribution in [-0.4, -0.2) is 12.2 Å². The Labute approximate surface area is 116 Å². The molecule has 0 N–H and O–H groups in total. The predicted molar refractivity (Wildman–Crippen MR) is 70.7 cm³/mol. The zero-order valence-corrected chi connectivity index (χ0v) is 11.3. The highest BCUT2D eigenvalue weighted by Gasteiger charge is 2.52. The van der Waals surface area contributed by atoms with E-state index in [2.05, 4.69) is 6.07 Å². The fourth-order valence-electron chi connectivity index (χ4n) is 3.15. The van der Waals surface area contributed by atoms with Gasteiger partial charge in [-0.05, 0) is 43.4 Å². The summed E-state index contributed by atoms with van der Waals surface area (Å²) in [6, 6.07) is 7.95. The van der Waals surface area contributed by atoms with Crippen LogP contribution in [0.2, 0.25) is 10.0 Å². The summed E-state index contributed by atoms with van der Waals surface area (Å²) in [6.45, 7) is 0. The number of hydrogen-bond donors (Lipinski definition) is 0. The van der Waals surface area contributed by atoms with Gasteiger partial charge in [0.05, 0.1) is 23.7 Å². The third-order valence-electron chi connectivity index (χ3n) is 4.06. The van der Waals surface area contributed by atoms with Gasteiger partial charge in [0.15, 0.2) is 0 Å². The third-order valence-corrected chi connectivity index (χ3v) is 4.65. The Morgan fingerprint density at radius 3 is 2.78 bits per heavy atom. The van der Waals surface area contributed by atoms with Gasteiger partial charge in [-0.1, -0.05) is 29.3 Å². The third kappa shape index (κ3) is 1.91. The summed E-state index contributed by atoms with van der Waals surface area (Å²) in [5.41, 5.74) is 0.583. The standard InChI is InChI=1S/C14H13Cl2NO/c15-10-2-1-9(12(16)5-10)6-14(8-17)7-11-3-4-13(14)18-11/h1-2,5,11,13H,3-4,6-7H2. The second kappa shape index (κ2) is 4.42. The van der Waals surface area contributed by atoms with Gasteiger partial charge in [0.1, 0.15) is 0 Å². The van der Waals surface area contributed by atoms with E-state index in [0.29, 0.717) is 16.5 Å². The minimum absolute atomic E-state index is 0.0687. The average molecular weight is 282 g/mol. The van der Waals surface area contributed by atoms with Crippen LogP contribution in [0.5, 0.6) is 0 Å².